The lowest BCUT2D eigenvalue weighted by atomic mass is 10.2. The van der Waals surface area contributed by atoms with E-state index in [1.165, 1.54) is 6.92 Å². The molecule has 0 bridgehead atoms. The van der Waals surface area contributed by atoms with Crippen LogP contribution in [0.4, 0.5) is 0 Å². The smallest absolute Gasteiger partial charge is 0.154 e. The summed E-state index contributed by atoms with van der Waals surface area (Å²) in [4.78, 5) is 10.7. The van der Waals surface area contributed by atoms with E-state index < -0.39 is 9.84 Å². The molecule has 0 heterocycles. The number of benzene rings is 1. The van der Waals surface area contributed by atoms with E-state index in [4.69, 9.17) is 11.6 Å². The van der Waals surface area contributed by atoms with Gasteiger partial charge in [-0.2, -0.15) is 0 Å². The molecule has 0 aromatic heterocycles. The minimum absolute atomic E-state index is 0.0623. The van der Waals surface area contributed by atoms with Crippen LogP contribution in [0, 0.1) is 0 Å². The lowest BCUT2D eigenvalue weighted by molar-refractivity contribution is -0.116. The molecule has 0 fully saturated rings. The molecular formula is C11H13ClO3S. The van der Waals surface area contributed by atoms with Gasteiger partial charge in [-0.3, -0.25) is 4.79 Å². The second-order valence-corrected chi connectivity index (χ2v) is 6.23. The van der Waals surface area contributed by atoms with Crippen molar-refractivity contribution in [3.05, 3.63) is 34.9 Å². The molecule has 3 nitrogen and oxygen atoms in total. The van der Waals surface area contributed by atoms with Crippen molar-refractivity contribution in [2.24, 2.45) is 0 Å². The van der Waals surface area contributed by atoms with Gasteiger partial charge in [0.05, 0.1) is 11.5 Å². The van der Waals surface area contributed by atoms with Gasteiger partial charge in [-0.25, -0.2) is 8.42 Å². The largest absolute Gasteiger partial charge is 0.300 e. The molecule has 0 aliphatic carbocycles. The van der Waals surface area contributed by atoms with Crippen molar-refractivity contribution in [1.29, 1.82) is 0 Å². The highest BCUT2D eigenvalue weighted by Crippen LogP contribution is 2.18. The highest BCUT2D eigenvalue weighted by atomic mass is 35.5. The quantitative estimate of drug-likeness (QED) is 0.816. The molecule has 0 aliphatic rings. The zero-order valence-corrected chi connectivity index (χ0v) is 10.5. The van der Waals surface area contributed by atoms with Crippen LogP contribution in [0.1, 0.15) is 18.9 Å². The summed E-state index contributed by atoms with van der Waals surface area (Å²) in [6.07, 6.45) is 0.0623. The van der Waals surface area contributed by atoms with Gasteiger partial charge in [-0.1, -0.05) is 29.8 Å². The molecule has 0 unspecified atom stereocenters. The first kappa shape index (κ1) is 13.2. The second-order valence-electron chi connectivity index (χ2n) is 3.64. The number of hydrogen-bond acceptors (Lipinski definition) is 3. The number of carbonyl (C=O) groups is 1. The number of ketones is 1. The van der Waals surface area contributed by atoms with Crippen LogP contribution in [0.15, 0.2) is 24.3 Å². The van der Waals surface area contributed by atoms with Crippen LogP contribution in [0.25, 0.3) is 0 Å². The van der Waals surface area contributed by atoms with Gasteiger partial charge in [0.15, 0.2) is 9.84 Å². The Hall–Kier alpha value is -0.870. The van der Waals surface area contributed by atoms with E-state index in [0.29, 0.717) is 10.6 Å². The van der Waals surface area contributed by atoms with Crippen LogP contribution < -0.4 is 0 Å². The van der Waals surface area contributed by atoms with Gasteiger partial charge >= 0.3 is 0 Å². The Bertz CT molecular complexity index is 480. The summed E-state index contributed by atoms with van der Waals surface area (Å²) >= 11 is 5.86. The van der Waals surface area contributed by atoms with Crippen molar-refractivity contribution < 1.29 is 13.2 Å². The van der Waals surface area contributed by atoms with Crippen LogP contribution in [-0.4, -0.2) is 20.0 Å². The first-order valence-corrected chi connectivity index (χ1v) is 7.04. The number of sulfone groups is 1. The Kier molecular flexibility index (Phi) is 4.50. The minimum Gasteiger partial charge on any atom is -0.300 e. The summed E-state index contributed by atoms with van der Waals surface area (Å²) in [5.74, 6) is -0.351. The van der Waals surface area contributed by atoms with Gasteiger partial charge in [0.2, 0.25) is 0 Å². The van der Waals surface area contributed by atoms with Crippen molar-refractivity contribution in [2.75, 3.05) is 5.75 Å². The standard InChI is InChI=1S/C11H13ClO3S/c1-9(13)6-7-16(14,15)8-10-4-2-3-5-11(10)12/h2-5H,6-8H2,1H3. The Morgan fingerprint density at radius 2 is 1.94 bits per heavy atom. The van der Waals surface area contributed by atoms with E-state index >= 15 is 0 Å². The van der Waals surface area contributed by atoms with Crippen LogP contribution >= 0.6 is 11.6 Å². The van der Waals surface area contributed by atoms with Gasteiger partial charge in [-0.05, 0) is 18.6 Å². The molecule has 1 aromatic carbocycles. The van der Waals surface area contributed by atoms with Gasteiger partial charge in [-0.15, -0.1) is 0 Å². The Balaban J connectivity index is 2.73. The van der Waals surface area contributed by atoms with Crippen LogP contribution in [0.3, 0.4) is 0 Å². The predicted octanol–water partition coefficient (Wildman–Crippen LogP) is 2.23. The van der Waals surface area contributed by atoms with Gasteiger partial charge in [0.1, 0.15) is 5.78 Å². The number of Topliss-reactive ketones (excluding diaryl/α,β-unsaturated/α-hetero) is 1. The Labute approximate surface area is 100 Å². The molecule has 5 heteroatoms. The summed E-state index contributed by atoms with van der Waals surface area (Å²) < 4.78 is 23.3. The van der Waals surface area contributed by atoms with Crippen LogP contribution in [-0.2, 0) is 20.4 Å². The van der Waals surface area contributed by atoms with Crippen molar-refractivity contribution in [2.45, 2.75) is 19.1 Å². The van der Waals surface area contributed by atoms with E-state index in [0.717, 1.165) is 0 Å². The van der Waals surface area contributed by atoms with Crippen molar-refractivity contribution >= 4 is 27.2 Å². The van der Waals surface area contributed by atoms with E-state index in [1.807, 2.05) is 0 Å². The topological polar surface area (TPSA) is 51.2 Å². The molecule has 1 rings (SSSR count). The molecule has 0 atom stereocenters. The molecule has 0 saturated carbocycles. The van der Waals surface area contributed by atoms with Crippen molar-refractivity contribution in [1.82, 2.24) is 0 Å². The van der Waals surface area contributed by atoms with E-state index in [-0.39, 0.29) is 23.7 Å². The number of halogens is 1. The fraction of sp³-hybridized carbons (Fsp3) is 0.364. The van der Waals surface area contributed by atoms with E-state index in [1.54, 1.807) is 24.3 Å². The Morgan fingerprint density at radius 3 is 2.50 bits per heavy atom. The summed E-state index contributed by atoms with van der Waals surface area (Å²) in [7, 11) is -3.26. The summed E-state index contributed by atoms with van der Waals surface area (Å²) in [6, 6.07) is 6.81. The molecule has 0 radical (unpaired) electrons. The van der Waals surface area contributed by atoms with Crippen LogP contribution in [0.5, 0.6) is 0 Å². The maximum absolute atomic E-state index is 11.6. The fourth-order valence-corrected chi connectivity index (χ4v) is 2.97. The number of carbonyl (C=O) groups excluding carboxylic acids is 1. The van der Waals surface area contributed by atoms with Gasteiger partial charge in [0.25, 0.3) is 0 Å². The highest BCUT2D eigenvalue weighted by molar-refractivity contribution is 7.90. The molecule has 88 valence electrons. The monoisotopic (exact) mass is 260 g/mol. The first-order chi connectivity index (χ1) is 7.41. The van der Waals surface area contributed by atoms with Gasteiger partial charge in [0, 0.05) is 11.4 Å². The minimum atomic E-state index is -3.26. The fourth-order valence-electron chi connectivity index (χ4n) is 1.22. The predicted molar refractivity (Wildman–Crippen MR) is 64.2 cm³/mol. The maximum Gasteiger partial charge on any atom is 0.154 e. The molecule has 0 aliphatic heterocycles. The zero-order valence-electron chi connectivity index (χ0n) is 8.94. The molecule has 1 aromatic rings. The summed E-state index contributed by atoms with van der Waals surface area (Å²) in [5.41, 5.74) is 0.577. The van der Waals surface area contributed by atoms with Gasteiger partial charge < -0.3 is 0 Å². The van der Waals surface area contributed by atoms with Crippen molar-refractivity contribution in [3.8, 4) is 0 Å². The molecular weight excluding hydrogens is 248 g/mol. The van der Waals surface area contributed by atoms with Crippen LogP contribution in [0.2, 0.25) is 5.02 Å². The molecule has 0 N–H and O–H groups in total. The first-order valence-electron chi connectivity index (χ1n) is 4.84. The normalized spacial score (nSPS) is 11.4. The number of rotatable bonds is 5. The summed E-state index contributed by atoms with van der Waals surface area (Å²) in [6.45, 7) is 1.38. The molecule has 0 saturated heterocycles. The van der Waals surface area contributed by atoms with E-state index in [2.05, 4.69) is 0 Å². The third-order valence-electron chi connectivity index (χ3n) is 2.10. The lowest BCUT2D eigenvalue weighted by Gasteiger charge is -2.04. The summed E-state index contributed by atoms with van der Waals surface area (Å²) in [5, 5.41) is 0.439. The average molecular weight is 261 g/mol. The number of hydrogen-bond donors (Lipinski definition) is 0. The van der Waals surface area contributed by atoms with Crippen molar-refractivity contribution in [3.63, 3.8) is 0 Å². The van der Waals surface area contributed by atoms with E-state index in [9.17, 15) is 13.2 Å². The lowest BCUT2D eigenvalue weighted by Crippen LogP contribution is -2.12. The maximum atomic E-state index is 11.6. The molecule has 16 heavy (non-hydrogen) atoms. The second kappa shape index (κ2) is 5.46. The average Bonchev–Trinajstić information content (AvgIpc) is 2.19. The third kappa shape index (κ3) is 4.33. The molecule has 0 amide bonds. The Morgan fingerprint density at radius 1 is 1.31 bits per heavy atom. The SMILES string of the molecule is CC(=O)CCS(=O)(=O)Cc1ccccc1Cl. The molecule has 0 spiro atoms. The highest BCUT2D eigenvalue weighted by Gasteiger charge is 2.14. The zero-order chi connectivity index (χ0) is 12.2. The third-order valence-corrected chi connectivity index (χ3v) is 4.04.